The zero-order valence-electron chi connectivity index (χ0n) is 10.5. The Labute approximate surface area is 99.6 Å². The second kappa shape index (κ2) is 7.65. The van der Waals surface area contributed by atoms with Crippen LogP contribution in [-0.2, 0) is 0 Å². The monoisotopic (exact) mass is 223 g/mol. The van der Waals surface area contributed by atoms with Crippen molar-refractivity contribution in [2.75, 3.05) is 19.6 Å². The van der Waals surface area contributed by atoms with Crippen molar-refractivity contribution in [1.82, 2.24) is 4.90 Å². The van der Waals surface area contributed by atoms with E-state index in [0.717, 1.165) is 18.9 Å². The third kappa shape index (κ3) is 4.96. The van der Waals surface area contributed by atoms with Crippen LogP contribution in [-0.4, -0.2) is 30.6 Å². The van der Waals surface area contributed by atoms with Crippen molar-refractivity contribution in [3.63, 3.8) is 0 Å². The van der Waals surface area contributed by atoms with Gasteiger partial charge in [-0.05, 0) is 44.7 Å². The molecule has 92 valence electrons. The highest BCUT2D eigenvalue weighted by molar-refractivity contribution is 4.87. The molecule has 0 spiro atoms. The van der Waals surface area contributed by atoms with Crippen molar-refractivity contribution in [2.24, 2.45) is 11.7 Å². The van der Waals surface area contributed by atoms with E-state index in [0.29, 0.717) is 0 Å². The first-order valence-corrected chi connectivity index (χ1v) is 6.63. The van der Waals surface area contributed by atoms with Crippen molar-refractivity contribution < 1.29 is 0 Å². The lowest BCUT2D eigenvalue weighted by molar-refractivity contribution is 0.273. The Bertz CT molecular complexity index is 222. The van der Waals surface area contributed by atoms with E-state index in [1.165, 1.54) is 45.2 Å². The van der Waals surface area contributed by atoms with Crippen LogP contribution in [0.2, 0.25) is 0 Å². The molecule has 3 nitrogen and oxygen atoms in total. The summed E-state index contributed by atoms with van der Waals surface area (Å²) in [5.41, 5.74) is 5.62. The third-order valence-corrected chi connectivity index (χ3v) is 3.56. The minimum Gasteiger partial charge on any atom is -0.316 e. The van der Waals surface area contributed by atoms with Crippen LogP contribution in [0.1, 0.15) is 45.4 Å². The molecule has 2 N–H and O–H groups in total. The molecular weight excluding hydrogens is 198 g/mol. The maximum absolute atomic E-state index is 8.64. The molecule has 0 aromatic heterocycles. The van der Waals surface area contributed by atoms with Crippen LogP contribution in [0.3, 0.4) is 0 Å². The molecule has 0 aromatic carbocycles. The topological polar surface area (TPSA) is 53.0 Å². The number of hydrogen-bond acceptors (Lipinski definition) is 3. The lowest BCUT2D eigenvalue weighted by Crippen LogP contribution is -2.30. The van der Waals surface area contributed by atoms with Crippen LogP contribution in [0.4, 0.5) is 0 Å². The van der Waals surface area contributed by atoms with Crippen LogP contribution in [0.15, 0.2) is 0 Å². The minimum atomic E-state index is -0.283. The molecular formula is C13H25N3. The predicted octanol–water partition coefficient (Wildman–Crippen LogP) is 2.13. The molecule has 3 heteroatoms. The second-order valence-corrected chi connectivity index (χ2v) is 4.95. The molecule has 1 saturated heterocycles. The molecule has 2 unspecified atom stereocenters. The molecule has 1 aliphatic rings. The number of rotatable bonds is 5. The molecule has 0 bridgehead atoms. The van der Waals surface area contributed by atoms with E-state index >= 15 is 0 Å². The molecule has 0 amide bonds. The largest absolute Gasteiger partial charge is 0.316 e. The summed E-state index contributed by atoms with van der Waals surface area (Å²) in [4.78, 5) is 2.48. The van der Waals surface area contributed by atoms with E-state index in [1.54, 1.807) is 0 Å². The Morgan fingerprint density at radius 3 is 2.94 bits per heavy atom. The summed E-state index contributed by atoms with van der Waals surface area (Å²) in [6.07, 6.45) is 7.53. The Morgan fingerprint density at radius 1 is 1.44 bits per heavy atom. The average Bonchev–Trinajstić information content (AvgIpc) is 2.52. The van der Waals surface area contributed by atoms with Gasteiger partial charge in [0.15, 0.2) is 0 Å². The van der Waals surface area contributed by atoms with Crippen molar-refractivity contribution in [1.29, 1.82) is 5.26 Å². The Morgan fingerprint density at radius 2 is 2.25 bits per heavy atom. The van der Waals surface area contributed by atoms with Crippen molar-refractivity contribution in [2.45, 2.75) is 51.5 Å². The Hall–Kier alpha value is -0.590. The molecule has 16 heavy (non-hydrogen) atoms. The van der Waals surface area contributed by atoms with Crippen LogP contribution in [0.25, 0.3) is 0 Å². The average molecular weight is 223 g/mol. The van der Waals surface area contributed by atoms with Crippen molar-refractivity contribution in [3.8, 4) is 6.07 Å². The molecule has 1 fully saturated rings. The predicted molar refractivity (Wildman–Crippen MR) is 66.9 cm³/mol. The van der Waals surface area contributed by atoms with Gasteiger partial charge in [-0.25, -0.2) is 0 Å². The molecule has 1 rings (SSSR count). The summed E-state index contributed by atoms with van der Waals surface area (Å²) >= 11 is 0. The fraction of sp³-hybridized carbons (Fsp3) is 0.923. The highest BCUT2D eigenvalue weighted by atomic mass is 15.1. The van der Waals surface area contributed by atoms with Gasteiger partial charge >= 0.3 is 0 Å². The summed E-state index contributed by atoms with van der Waals surface area (Å²) in [6, 6.07) is 1.82. The summed E-state index contributed by atoms with van der Waals surface area (Å²) in [7, 11) is 0. The molecule has 0 aliphatic carbocycles. The van der Waals surface area contributed by atoms with Gasteiger partial charge in [0.1, 0.15) is 0 Å². The van der Waals surface area contributed by atoms with Gasteiger partial charge in [0, 0.05) is 6.54 Å². The van der Waals surface area contributed by atoms with Gasteiger partial charge in [-0.1, -0.05) is 19.8 Å². The zero-order valence-corrected chi connectivity index (χ0v) is 10.5. The van der Waals surface area contributed by atoms with Gasteiger partial charge in [0.05, 0.1) is 12.1 Å². The van der Waals surface area contributed by atoms with Crippen molar-refractivity contribution >= 4 is 0 Å². The van der Waals surface area contributed by atoms with E-state index < -0.39 is 0 Å². The zero-order chi connectivity index (χ0) is 11.8. The fourth-order valence-corrected chi connectivity index (χ4v) is 2.53. The molecule has 0 saturated carbocycles. The Balaban J connectivity index is 2.22. The lowest BCUT2D eigenvalue weighted by Gasteiger charge is -2.20. The first-order valence-electron chi connectivity index (χ1n) is 6.63. The number of nitrogens with zero attached hydrogens (tertiary/aromatic N) is 2. The second-order valence-electron chi connectivity index (χ2n) is 4.95. The van der Waals surface area contributed by atoms with Crippen LogP contribution in [0, 0.1) is 17.2 Å². The third-order valence-electron chi connectivity index (χ3n) is 3.56. The van der Waals surface area contributed by atoms with E-state index in [-0.39, 0.29) is 6.04 Å². The first-order chi connectivity index (χ1) is 7.76. The maximum Gasteiger partial charge on any atom is 0.0940 e. The summed E-state index contributed by atoms with van der Waals surface area (Å²) in [5.74, 6) is 0.930. The SMILES string of the molecule is CCCC1CCCN(CCC(N)C#N)CC1. The quantitative estimate of drug-likeness (QED) is 0.777. The standard InChI is InChI=1S/C13H25N3/c1-2-4-12-5-3-8-16(9-6-12)10-7-13(15)11-14/h12-13H,2-10,15H2,1H3. The summed E-state index contributed by atoms with van der Waals surface area (Å²) < 4.78 is 0. The number of nitriles is 1. The normalized spacial score (nSPS) is 24.7. The van der Waals surface area contributed by atoms with Crippen LogP contribution >= 0.6 is 0 Å². The van der Waals surface area contributed by atoms with Gasteiger partial charge < -0.3 is 10.6 Å². The Kier molecular flexibility index (Phi) is 6.44. The van der Waals surface area contributed by atoms with E-state index in [2.05, 4.69) is 17.9 Å². The highest BCUT2D eigenvalue weighted by Gasteiger charge is 2.16. The number of likely N-dealkylation sites (tertiary alicyclic amines) is 1. The van der Waals surface area contributed by atoms with Gasteiger partial charge in [0.25, 0.3) is 0 Å². The van der Waals surface area contributed by atoms with Gasteiger partial charge in [0.2, 0.25) is 0 Å². The van der Waals surface area contributed by atoms with Gasteiger partial charge in [-0.2, -0.15) is 5.26 Å². The number of hydrogen-bond donors (Lipinski definition) is 1. The fourth-order valence-electron chi connectivity index (χ4n) is 2.53. The first kappa shape index (κ1) is 13.5. The van der Waals surface area contributed by atoms with E-state index in [4.69, 9.17) is 11.0 Å². The van der Waals surface area contributed by atoms with Gasteiger partial charge in [-0.15, -0.1) is 0 Å². The summed E-state index contributed by atoms with van der Waals surface area (Å²) in [6.45, 7) is 5.66. The molecule has 0 radical (unpaired) electrons. The number of nitrogens with two attached hydrogens (primary N) is 1. The molecule has 2 atom stereocenters. The lowest BCUT2D eigenvalue weighted by atomic mass is 9.96. The minimum absolute atomic E-state index is 0.283. The molecule has 0 aromatic rings. The highest BCUT2D eigenvalue weighted by Crippen LogP contribution is 2.21. The van der Waals surface area contributed by atoms with Gasteiger partial charge in [-0.3, -0.25) is 0 Å². The smallest absolute Gasteiger partial charge is 0.0940 e. The van der Waals surface area contributed by atoms with E-state index in [1.807, 2.05) is 0 Å². The van der Waals surface area contributed by atoms with Crippen LogP contribution in [0.5, 0.6) is 0 Å². The summed E-state index contributed by atoms with van der Waals surface area (Å²) in [5, 5.41) is 8.64. The van der Waals surface area contributed by atoms with E-state index in [9.17, 15) is 0 Å². The maximum atomic E-state index is 8.64. The van der Waals surface area contributed by atoms with Crippen LogP contribution < -0.4 is 5.73 Å². The van der Waals surface area contributed by atoms with Crippen molar-refractivity contribution in [3.05, 3.63) is 0 Å². The molecule has 1 aliphatic heterocycles. The molecule has 1 heterocycles.